The Bertz CT molecular complexity index is 821. The average Bonchev–Trinajstić information content (AvgIpc) is 2.88. The topological polar surface area (TPSA) is 79.5 Å². The van der Waals surface area contributed by atoms with Crippen LogP contribution in [0.5, 0.6) is 0 Å². The zero-order valence-corrected chi connectivity index (χ0v) is 13.4. The van der Waals surface area contributed by atoms with E-state index in [4.69, 9.17) is 5.73 Å². The van der Waals surface area contributed by atoms with Gasteiger partial charge in [0.1, 0.15) is 6.17 Å². The van der Waals surface area contributed by atoms with Gasteiger partial charge in [-0.25, -0.2) is 4.39 Å². The number of rotatable bonds is 2. The van der Waals surface area contributed by atoms with Crippen molar-refractivity contribution >= 4 is 23.2 Å². The number of carbonyl (C=O) groups excluding carboxylic acids is 2. The molecule has 0 radical (unpaired) electrons. The number of carbonyl (C=O) groups is 2. The van der Waals surface area contributed by atoms with Gasteiger partial charge in [-0.05, 0) is 24.6 Å². The lowest BCUT2D eigenvalue weighted by molar-refractivity contribution is 0.0463. The maximum Gasteiger partial charge on any atom is 0.261 e. The second kappa shape index (κ2) is 5.84. The van der Waals surface area contributed by atoms with Gasteiger partial charge < -0.3 is 10.6 Å². The Hall–Kier alpha value is -2.96. The van der Waals surface area contributed by atoms with Crippen molar-refractivity contribution in [3.63, 3.8) is 0 Å². The largest absolute Gasteiger partial charge is 0.396 e. The van der Waals surface area contributed by atoms with E-state index in [9.17, 15) is 14.0 Å². The van der Waals surface area contributed by atoms with Crippen LogP contribution >= 0.6 is 0 Å². The predicted molar refractivity (Wildman–Crippen MR) is 91.1 cm³/mol. The first kappa shape index (κ1) is 15.6. The summed E-state index contributed by atoms with van der Waals surface area (Å²) in [7, 11) is 0. The number of anilines is 2. The molecule has 25 heavy (non-hydrogen) atoms. The lowest BCUT2D eigenvalue weighted by Gasteiger charge is -2.40. The predicted octanol–water partition coefficient (Wildman–Crippen LogP) is 1.88. The highest BCUT2D eigenvalue weighted by atomic mass is 19.1. The molecule has 2 atom stereocenters. The number of halogens is 1. The third-order valence-electron chi connectivity index (χ3n) is 4.83. The minimum absolute atomic E-state index is 0.209. The van der Waals surface area contributed by atoms with E-state index < -0.39 is 24.0 Å². The Labute approximate surface area is 144 Å². The molecule has 0 saturated carbocycles. The molecule has 2 aliphatic heterocycles. The van der Waals surface area contributed by atoms with Gasteiger partial charge in [-0.15, -0.1) is 0 Å². The zero-order valence-electron chi connectivity index (χ0n) is 13.4. The summed E-state index contributed by atoms with van der Waals surface area (Å²) in [5.74, 6) is -0.865. The van der Waals surface area contributed by atoms with Gasteiger partial charge in [-0.1, -0.05) is 12.1 Å². The quantitative estimate of drug-likeness (QED) is 0.845. The van der Waals surface area contributed by atoms with Crippen molar-refractivity contribution < 1.29 is 14.0 Å². The van der Waals surface area contributed by atoms with E-state index in [1.165, 1.54) is 6.20 Å². The minimum Gasteiger partial charge on any atom is -0.396 e. The van der Waals surface area contributed by atoms with Crippen LogP contribution in [-0.2, 0) is 0 Å². The normalized spacial score (nSPS) is 23.1. The zero-order chi connectivity index (χ0) is 17.6. The van der Waals surface area contributed by atoms with Crippen LogP contribution in [0, 0.1) is 0 Å². The van der Waals surface area contributed by atoms with Gasteiger partial charge in [0, 0.05) is 19.3 Å². The van der Waals surface area contributed by atoms with Crippen LogP contribution in [0.2, 0.25) is 0 Å². The van der Waals surface area contributed by atoms with Crippen LogP contribution in [-0.4, -0.2) is 47.0 Å². The van der Waals surface area contributed by atoms with Crippen molar-refractivity contribution in [2.24, 2.45) is 0 Å². The van der Waals surface area contributed by atoms with Crippen LogP contribution in [0.1, 0.15) is 27.1 Å². The van der Waals surface area contributed by atoms with Crippen molar-refractivity contribution in [3.8, 4) is 0 Å². The van der Waals surface area contributed by atoms with E-state index >= 15 is 0 Å². The monoisotopic (exact) mass is 340 g/mol. The average molecular weight is 340 g/mol. The number of nitrogens with two attached hydrogens (primary N) is 1. The Morgan fingerprint density at radius 2 is 1.80 bits per heavy atom. The van der Waals surface area contributed by atoms with Gasteiger partial charge >= 0.3 is 0 Å². The molecule has 6 nitrogen and oxygen atoms in total. The standard InChI is InChI=1S/C18H17FN4O2/c19-13-6-8-22(15-5-7-21-9-14(15)20)10-16(13)23-17(24)11-3-1-2-4-12(11)18(23)25/h1-5,7,9,13,16H,6,8,10,20H2/t13-,16+/m0/s1. The van der Waals surface area contributed by atoms with E-state index in [0.29, 0.717) is 23.4 Å². The number of hydrogen-bond acceptors (Lipinski definition) is 5. The number of nitrogens with zero attached hydrogens (tertiary/aromatic N) is 3. The maximum atomic E-state index is 14.6. The Morgan fingerprint density at radius 1 is 1.12 bits per heavy atom. The first-order valence-corrected chi connectivity index (χ1v) is 8.13. The molecule has 0 aliphatic carbocycles. The number of amides is 2. The third kappa shape index (κ3) is 2.43. The lowest BCUT2D eigenvalue weighted by Crippen LogP contribution is -2.56. The molecule has 4 rings (SSSR count). The molecule has 2 amide bonds. The molecule has 0 spiro atoms. The summed E-state index contributed by atoms with van der Waals surface area (Å²) in [6.45, 7) is 0.676. The summed E-state index contributed by atoms with van der Waals surface area (Å²) < 4.78 is 14.6. The number of hydrogen-bond donors (Lipinski definition) is 1. The molecule has 1 fully saturated rings. The fourth-order valence-corrected chi connectivity index (χ4v) is 3.56. The number of imide groups is 1. The van der Waals surface area contributed by atoms with Gasteiger partial charge in [-0.3, -0.25) is 19.5 Å². The van der Waals surface area contributed by atoms with Crippen molar-refractivity contribution in [2.75, 3.05) is 23.7 Å². The van der Waals surface area contributed by atoms with Crippen molar-refractivity contribution in [1.82, 2.24) is 9.88 Å². The molecular weight excluding hydrogens is 323 g/mol. The van der Waals surface area contributed by atoms with Gasteiger partial charge in [0.05, 0.1) is 34.7 Å². The summed E-state index contributed by atoms with van der Waals surface area (Å²) in [6.07, 6.45) is 2.11. The lowest BCUT2D eigenvalue weighted by atomic mass is 10.0. The molecule has 7 heteroatoms. The second-order valence-electron chi connectivity index (χ2n) is 6.28. The smallest absolute Gasteiger partial charge is 0.261 e. The number of benzene rings is 1. The summed E-state index contributed by atoms with van der Waals surface area (Å²) >= 11 is 0. The number of nitrogen functional groups attached to an aromatic ring is 1. The van der Waals surface area contributed by atoms with Crippen LogP contribution in [0.3, 0.4) is 0 Å². The SMILES string of the molecule is Nc1cnccc1N1CC[C@H](F)[C@H](N2C(=O)c3ccccc3C2=O)C1. The van der Waals surface area contributed by atoms with E-state index in [2.05, 4.69) is 4.98 Å². The fraction of sp³-hybridized carbons (Fsp3) is 0.278. The Balaban J connectivity index is 1.65. The second-order valence-corrected chi connectivity index (χ2v) is 6.28. The molecule has 2 N–H and O–H groups in total. The van der Waals surface area contributed by atoms with E-state index in [1.807, 2.05) is 4.90 Å². The molecule has 0 bridgehead atoms. The Morgan fingerprint density at radius 3 is 2.44 bits per heavy atom. The number of piperidine rings is 1. The molecular formula is C18H17FN4O2. The van der Waals surface area contributed by atoms with Crippen molar-refractivity contribution in [3.05, 3.63) is 53.9 Å². The van der Waals surface area contributed by atoms with Crippen LogP contribution in [0.15, 0.2) is 42.7 Å². The Kier molecular flexibility index (Phi) is 3.63. The molecule has 1 saturated heterocycles. The number of fused-ring (bicyclic) bond motifs is 1. The first-order valence-electron chi connectivity index (χ1n) is 8.13. The van der Waals surface area contributed by atoms with E-state index in [0.717, 1.165) is 10.6 Å². The molecule has 1 aromatic carbocycles. The van der Waals surface area contributed by atoms with Crippen LogP contribution < -0.4 is 10.6 Å². The molecule has 2 aromatic rings. The van der Waals surface area contributed by atoms with Gasteiger partial charge in [0.15, 0.2) is 0 Å². The van der Waals surface area contributed by atoms with Crippen LogP contribution in [0.4, 0.5) is 15.8 Å². The minimum atomic E-state index is -1.26. The number of alkyl halides is 1. The molecule has 0 unspecified atom stereocenters. The highest BCUT2D eigenvalue weighted by Gasteiger charge is 2.45. The van der Waals surface area contributed by atoms with Gasteiger partial charge in [-0.2, -0.15) is 0 Å². The highest BCUT2D eigenvalue weighted by Crippen LogP contribution is 2.32. The van der Waals surface area contributed by atoms with E-state index in [1.54, 1.807) is 36.5 Å². The summed E-state index contributed by atoms with van der Waals surface area (Å²) in [6, 6.07) is 7.52. The fourth-order valence-electron chi connectivity index (χ4n) is 3.56. The maximum absolute atomic E-state index is 14.6. The third-order valence-corrected chi connectivity index (χ3v) is 4.83. The summed E-state index contributed by atoms with van der Waals surface area (Å²) in [5.41, 5.74) is 7.86. The van der Waals surface area contributed by atoms with Crippen LogP contribution in [0.25, 0.3) is 0 Å². The summed E-state index contributed by atoms with van der Waals surface area (Å²) in [5, 5.41) is 0. The molecule has 3 heterocycles. The highest BCUT2D eigenvalue weighted by molar-refractivity contribution is 6.21. The van der Waals surface area contributed by atoms with Crippen molar-refractivity contribution in [1.29, 1.82) is 0 Å². The molecule has 128 valence electrons. The molecule has 1 aromatic heterocycles. The van der Waals surface area contributed by atoms with Gasteiger partial charge in [0.2, 0.25) is 0 Å². The number of aromatic nitrogens is 1. The number of pyridine rings is 1. The van der Waals surface area contributed by atoms with Gasteiger partial charge in [0.25, 0.3) is 11.8 Å². The summed E-state index contributed by atoms with van der Waals surface area (Å²) in [4.78, 5) is 32.2. The van der Waals surface area contributed by atoms with Crippen molar-refractivity contribution in [2.45, 2.75) is 18.6 Å². The molecule has 2 aliphatic rings. The van der Waals surface area contributed by atoms with E-state index in [-0.39, 0.29) is 13.0 Å². The first-order chi connectivity index (χ1) is 12.1.